The number of carbonyl (C=O) groups is 2. The number of amides is 1. The first-order valence-electron chi connectivity index (χ1n) is 8.31. The lowest BCUT2D eigenvalue weighted by molar-refractivity contribution is -0.146. The molecule has 118 valence electrons. The Morgan fingerprint density at radius 3 is 2.19 bits per heavy atom. The molecule has 2 N–H and O–H groups in total. The minimum absolute atomic E-state index is 0.0208. The molecule has 1 amide bonds. The zero-order chi connectivity index (χ0) is 15.0. The van der Waals surface area contributed by atoms with Crippen LogP contribution in [0, 0.1) is 11.8 Å². The quantitative estimate of drug-likeness (QED) is 0.830. The Balaban J connectivity index is 1.59. The first kappa shape index (κ1) is 14.8. The summed E-state index contributed by atoms with van der Waals surface area (Å²) in [6.07, 6.45) is 8.00. The Morgan fingerprint density at radius 2 is 1.57 bits per heavy atom. The van der Waals surface area contributed by atoms with Crippen molar-refractivity contribution in [1.29, 1.82) is 0 Å². The maximum Gasteiger partial charge on any atom is 0.307 e. The van der Waals surface area contributed by atoms with Crippen molar-refractivity contribution in [2.45, 2.75) is 69.5 Å². The number of nitrogens with one attached hydrogen (secondary N) is 1. The fourth-order valence-corrected chi connectivity index (χ4v) is 4.61. The lowest BCUT2D eigenvalue weighted by atomic mass is 9.82. The van der Waals surface area contributed by atoms with Crippen molar-refractivity contribution in [3.63, 3.8) is 0 Å². The molecule has 0 spiro atoms. The summed E-state index contributed by atoms with van der Waals surface area (Å²) in [5.41, 5.74) is 0. The summed E-state index contributed by atoms with van der Waals surface area (Å²) in [5, 5.41) is 12.4. The van der Waals surface area contributed by atoms with Gasteiger partial charge in [0.05, 0.1) is 11.8 Å². The van der Waals surface area contributed by atoms with Crippen molar-refractivity contribution in [3.8, 4) is 0 Å². The van der Waals surface area contributed by atoms with Crippen LogP contribution in [-0.2, 0) is 9.59 Å². The molecule has 0 aromatic rings. The molecule has 2 bridgehead atoms. The molecule has 0 aromatic heterocycles. The van der Waals surface area contributed by atoms with Gasteiger partial charge in [-0.1, -0.05) is 12.8 Å². The summed E-state index contributed by atoms with van der Waals surface area (Å²) in [6, 6.07) is 1.40. The molecule has 4 atom stereocenters. The van der Waals surface area contributed by atoms with E-state index in [-0.39, 0.29) is 17.9 Å². The molecule has 5 heteroatoms. The van der Waals surface area contributed by atoms with E-state index in [1.165, 1.54) is 19.3 Å². The largest absolute Gasteiger partial charge is 0.481 e. The molecule has 2 saturated heterocycles. The number of carbonyl (C=O) groups excluding carboxylic acids is 1. The van der Waals surface area contributed by atoms with Crippen LogP contribution in [0.15, 0.2) is 0 Å². The summed E-state index contributed by atoms with van der Waals surface area (Å²) in [4.78, 5) is 26.1. The summed E-state index contributed by atoms with van der Waals surface area (Å²) < 4.78 is 0. The van der Waals surface area contributed by atoms with Crippen LogP contribution in [0.5, 0.6) is 0 Å². The van der Waals surface area contributed by atoms with Crippen LogP contribution >= 0.6 is 0 Å². The lowest BCUT2D eigenvalue weighted by Crippen LogP contribution is -2.56. The molecule has 3 aliphatic rings. The maximum atomic E-state index is 12.4. The van der Waals surface area contributed by atoms with Crippen molar-refractivity contribution >= 4 is 11.9 Å². The second-order valence-corrected chi connectivity index (χ2v) is 7.06. The van der Waals surface area contributed by atoms with Gasteiger partial charge in [0.1, 0.15) is 0 Å². The van der Waals surface area contributed by atoms with Gasteiger partial charge >= 0.3 is 5.97 Å². The van der Waals surface area contributed by atoms with Gasteiger partial charge in [-0.15, -0.1) is 0 Å². The van der Waals surface area contributed by atoms with Gasteiger partial charge in [0.15, 0.2) is 0 Å². The second kappa shape index (κ2) is 5.95. The third kappa shape index (κ3) is 2.93. The smallest absolute Gasteiger partial charge is 0.307 e. The first-order chi connectivity index (χ1) is 10.1. The van der Waals surface area contributed by atoms with Crippen molar-refractivity contribution in [1.82, 2.24) is 10.2 Å². The van der Waals surface area contributed by atoms with E-state index in [4.69, 9.17) is 0 Å². The zero-order valence-electron chi connectivity index (χ0n) is 12.8. The van der Waals surface area contributed by atoms with E-state index in [9.17, 15) is 14.7 Å². The highest BCUT2D eigenvalue weighted by molar-refractivity contribution is 5.85. The molecule has 0 aromatic carbocycles. The Kier molecular flexibility index (Phi) is 4.20. The van der Waals surface area contributed by atoms with Crippen molar-refractivity contribution in [2.75, 3.05) is 7.05 Å². The molecule has 0 radical (unpaired) electrons. The van der Waals surface area contributed by atoms with Crippen LogP contribution < -0.4 is 5.32 Å². The average Bonchev–Trinajstić information content (AvgIpc) is 2.89. The molecular weight excluding hydrogens is 268 g/mol. The fraction of sp³-hybridized carbons (Fsp3) is 0.875. The van der Waals surface area contributed by atoms with Gasteiger partial charge in [-0.2, -0.15) is 0 Å². The van der Waals surface area contributed by atoms with Crippen LogP contribution in [0.2, 0.25) is 0 Å². The van der Waals surface area contributed by atoms with Crippen LogP contribution in [-0.4, -0.2) is 47.1 Å². The predicted molar refractivity (Wildman–Crippen MR) is 78.8 cm³/mol. The van der Waals surface area contributed by atoms with E-state index in [0.29, 0.717) is 18.5 Å². The standard InChI is InChI=1S/C16H26N2O3/c1-18-11-4-2-5-12(18)9-10(8-11)17-15(19)13-6-3-7-14(13)16(20)21/h10-14H,2-9H2,1H3,(H,17,19)(H,20,21)/t10?,11?,12?,13-,14+/m1/s1. The van der Waals surface area contributed by atoms with Gasteiger partial charge in [-0.25, -0.2) is 0 Å². The highest BCUT2D eigenvalue weighted by Crippen LogP contribution is 2.35. The molecule has 3 rings (SSSR count). The number of nitrogens with zero attached hydrogens (tertiary/aromatic N) is 1. The SMILES string of the molecule is CN1C2CCCC1CC(NC(=O)[C@@H]1CCC[C@@H]1C(=O)O)C2. The fourth-order valence-electron chi connectivity index (χ4n) is 4.61. The van der Waals surface area contributed by atoms with Crippen LogP contribution in [0.4, 0.5) is 0 Å². The van der Waals surface area contributed by atoms with E-state index in [0.717, 1.165) is 25.7 Å². The molecule has 1 aliphatic carbocycles. The molecule has 1 saturated carbocycles. The van der Waals surface area contributed by atoms with Crippen LogP contribution in [0.25, 0.3) is 0 Å². The predicted octanol–water partition coefficient (Wildman–Crippen LogP) is 1.62. The van der Waals surface area contributed by atoms with E-state index in [2.05, 4.69) is 17.3 Å². The van der Waals surface area contributed by atoms with Crippen molar-refractivity contribution in [2.24, 2.45) is 11.8 Å². The monoisotopic (exact) mass is 294 g/mol. The number of carboxylic acid groups (broad SMARTS) is 1. The Hall–Kier alpha value is -1.10. The maximum absolute atomic E-state index is 12.4. The minimum atomic E-state index is -0.812. The third-order valence-corrected chi connectivity index (χ3v) is 5.86. The number of piperidine rings is 2. The molecule has 2 aliphatic heterocycles. The van der Waals surface area contributed by atoms with E-state index in [1.54, 1.807) is 0 Å². The average molecular weight is 294 g/mol. The molecule has 5 nitrogen and oxygen atoms in total. The van der Waals surface area contributed by atoms with Gasteiger partial charge in [0.2, 0.25) is 5.91 Å². The number of hydrogen-bond acceptors (Lipinski definition) is 3. The normalized spacial score (nSPS) is 40.0. The lowest BCUT2D eigenvalue weighted by Gasteiger charge is -2.47. The minimum Gasteiger partial charge on any atom is -0.481 e. The van der Waals surface area contributed by atoms with Gasteiger partial charge in [0.25, 0.3) is 0 Å². The first-order valence-corrected chi connectivity index (χ1v) is 8.31. The number of aliphatic carboxylic acids is 1. The van der Waals surface area contributed by atoms with E-state index < -0.39 is 11.9 Å². The number of hydrogen-bond donors (Lipinski definition) is 2. The summed E-state index contributed by atoms with van der Waals surface area (Å²) in [7, 11) is 2.20. The third-order valence-electron chi connectivity index (χ3n) is 5.86. The Morgan fingerprint density at radius 1 is 1.00 bits per heavy atom. The van der Waals surface area contributed by atoms with E-state index >= 15 is 0 Å². The highest BCUT2D eigenvalue weighted by atomic mass is 16.4. The molecule has 3 fully saturated rings. The van der Waals surface area contributed by atoms with Gasteiger partial charge < -0.3 is 15.3 Å². The number of carboxylic acids is 1. The second-order valence-electron chi connectivity index (χ2n) is 7.06. The molecular formula is C16H26N2O3. The molecule has 2 unspecified atom stereocenters. The number of rotatable bonds is 3. The summed E-state index contributed by atoms with van der Waals surface area (Å²) in [5.74, 6) is -1.63. The summed E-state index contributed by atoms with van der Waals surface area (Å²) >= 11 is 0. The van der Waals surface area contributed by atoms with Crippen molar-refractivity contribution in [3.05, 3.63) is 0 Å². The zero-order valence-corrected chi connectivity index (χ0v) is 12.8. The van der Waals surface area contributed by atoms with Crippen LogP contribution in [0.1, 0.15) is 51.4 Å². The van der Waals surface area contributed by atoms with Gasteiger partial charge in [-0.3, -0.25) is 9.59 Å². The number of fused-ring (bicyclic) bond motifs is 2. The molecule has 21 heavy (non-hydrogen) atoms. The Labute approximate surface area is 126 Å². The van der Waals surface area contributed by atoms with Gasteiger partial charge in [0, 0.05) is 18.1 Å². The highest BCUT2D eigenvalue weighted by Gasteiger charge is 2.40. The Bertz CT molecular complexity index is 412. The topological polar surface area (TPSA) is 69.6 Å². The van der Waals surface area contributed by atoms with E-state index in [1.807, 2.05) is 0 Å². The van der Waals surface area contributed by atoms with Gasteiger partial charge in [-0.05, 0) is 45.6 Å². The molecule has 2 heterocycles. The van der Waals surface area contributed by atoms with Crippen molar-refractivity contribution < 1.29 is 14.7 Å². The summed E-state index contributed by atoms with van der Waals surface area (Å²) in [6.45, 7) is 0. The van der Waals surface area contributed by atoms with Crippen LogP contribution in [0.3, 0.4) is 0 Å².